The average Bonchev–Trinajstić information content (AvgIpc) is 1.09. The second-order valence-electron chi connectivity index (χ2n) is 28.9. The lowest BCUT2D eigenvalue weighted by atomic mass is 9.99. The van der Waals surface area contributed by atoms with Gasteiger partial charge in [0.1, 0.15) is 19.3 Å². The van der Waals surface area contributed by atoms with Crippen molar-refractivity contribution in [3.05, 3.63) is 0 Å². The van der Waals surface area contributed by atoms with Crippen LogP contribution in [-0.4, -0.2) is 96.7 Å². The Bertz CT molecular complexity index is 1870. The summed E-state index contributed by atoms with van der Waals surface area (Å²) in [5.41, 5.74) is 0. The van der Waals surface area contributed by atoms with Crippen molar-refractivity contribution in [2.24, 2.45) is 17.8 Å². The van der Waals surface area contributed by atoms with Gasteiger partial charge in [-0.15, -0.1) is 0 Å². The summed E-state index contributed by atoms with van der Waals surface area (Å²) in [6.45, 7) is 11.9. The van der Waals surface area contributed by atoms with Gasteiger partial charge in [-0.3, -0.25) is 37.3 Å². The quantitative estimate of drug-likeness (QED) is 0.0222. The summed E-state index contributed by atoms with van der Waals surface area (Å²) >= 11 is 0. The molecule has 3 unspecified atom stereocenters. The number of ether oxygens (including phenoxy) is 4. The summed E-state index contributed by atoms with van der Waals surface area (Å²) < 4.78 is 68.6. The van der Waals surface area contributed by atoms with Crippen LogP contribution in [0.5, 0.6) is 0 Å². The third-order valence-electron chi connectivity index (χ3n) is 18.2. The predicted molar refractivity (Wildman–Crippen MR) is 391 cm³/mol. The molecule has 3 N–H and O–H groups in total. The van der Waals surface area contributed by atoms with Crippen LogP contribution in [0.1, 0.15) is 395 Å². The normalized spacial score (nSPS) is 14.3. The minimum Gasteiger partial charge on any atom is -0.462 e. The highest BCUT2D eigenvalue weighted by Gasteiger charge is 2.30. The second kappa shape index (κ2) is 67.5. The molecular formula is C77H150O17P2. The van der Waals surface area contributed by atoms with Gasteiger partial charge in [0.2, 0.25) is 0 Å². The first-order valence-corrected chi connectivity index (χ1v) is 42.9. The van der Waals surface area contributed by atoms with Crippen LogP contribution in [0.15, 0.2) is 0 Å². The molecule has 0 aliphatic rings. The first-order valence-electron chi connectivity index (χ1n) is 39.9. The molecule has 0 aromatic carbocycles. The van der Waals surface area contributed by atoms with Gasteiger partial charge in [-0.2, -0.15) is 0 Å². The number of rotatable bonds is 75. The van der Waals surface area contributed by atoms with Crippen molar-refractivity contribution in [2.75, 3.05) is 39.6 Å². The number of hydrogen-bond acceptors (Lipinski definition) is 15. The Morgan fingerprint density at radius 1 is 0.302 bits per heavy atom. The van der Waals surface area contributed by atoms with Gasteiger partial charge in [0.15, 0.2) is 12.2 Å². The zero-order valence-corrected chi connectivity index (χ0v) is 64.6. The molecule has 0 amide bonds. The summed E-state index contributed by atoms with van der Waals surface area (Å²) in [4.78, 5) is 72.9. The summed E-state index contributed by atoms with van der Waals surface area (Å²) in [6, 6.07) is 0. The summed E-state index contributed by atoms with van der Waals surface area (Å²) in [6.07, 6.45) is 53.9. The number of unbranched alkanes of at least 4 members (excludes halogenated alkanes) is 42. The van der Waals surface area contributed by atoms with Crippen molar-refractivity contribution < 1.29 is 80.2 Å². The minimum absolute atomic E-state index is 0.106. The van der Waals surface area contributed by atoms with E-state index in [0.29, 0.717) is 25.7 Å². The highest BCUT2D eigenvalue weighted by molar-refractivity contribution is 7.47. The largest absolute Gasteiger partial charge is 0.472 e. The topological polar surface area (TPSA) is 237 Å². The van der Waals surface area contributed by atoms with Crippen LogP contribution in [0.25, 0.3) is 0 Å². The third-order valence-corrected chi connectivity index (χ3v) is 20.1. The van der Waals surface area contributed by atoms with Crippen molar-refractivity contribution in [1.29, 1.82) is 0 Å². The SMILES string of the molecule is CCCCCCCCCCCCCCCCCC(=O)OC[C@H](COP(=O)(O)OC[C@@H](O)COP(=O)(O)OC[C@@H](COC(=O)CCCCCCCCCCC(C)CC)OC(=O)CCCCCCCCCCCCCC(C)C)OC(=O)CCCCCCCCCCCCCCC(C)C. The van der Waals surface area contributed by atoms with E-state index in [9.17, 15) is 43.2 Å². The monoisotopic (exact) mass is 1410 g/mol. The Morgan fingerprint density at radius 3 is 0.792 bits per heavy atom. The lowest BCUT2D eigenvalue weighted by molar-refractivity contribution is -0.161. The van der Waals surface area contributed by atoms with Crippen LogP contribution in [0.3, 0.4) is 0 Å². The van der Waals surface area contributed by atoms with E-state index in [1.807, 2.05) is 0 Å². The Balaban J connectivity index is 5.28. The first-order chi connectivity index (χ1) is 46.3. The number of aliphatic hydroxyl groups excluding tert-OH is 1. The van der Waals surface area contributed by atoms with E-state index in [1.54, 1.807) is 0 Å². The van der Waals surface area contributed by atoms with Crippen molar-refractivity contribution in [2.45, 2.75) is 414 Å². The Hall–Kier alpha value is -1.94. The van der Waals surface area contributed by atoms with Crippen LogP contribution in [0.4, 0.5) is 0 Å². The highest BCUT2D eigenvalue weighted by atomic mass is 31.2. The molecule has 0 spiro atoms. The molecule has 6 atom stereocenters. The molecule has 0 saturated carbocycles. The predicted octanol–water partition coefficient (Wildman–Crippen LogP) is 22.6. The fraction of sp³-hybridized carbons (Fsp3) is 0.948. The van der Waals surface area contributed by atoms with E-state index in [1.165, 1.54) is 205 Å². The highest BCUT2D eigenvalue weighted by Crippen LogP contribution is 2.45. The number of hydrogen-bond donors (Lipinski definition) is 3. The van der Waals surface area contributed by atoms with E-state index >= 15 is 0 Å². The molecule has 0 bridgehead atoms. The summed E-state index contributed by atoms with van der Waals surface area (Å²) in [5.74, 6) is 0.204. The molecule has 0 aliphatic carbocycles. The average molecular weight is 1410 g/mol. The lowest BCUT2D eigenvalue weighted by Crippen LogP contribution is -2.30. The molecule has 0 aliphatic heterocycles. The fourth-order valence-corrected chi connectivity index (χ4v) is 13.3. The molecule has 17 nitrogen and oxygen atoms in total. The number of esters is 4. The fourth-order valence-electron chi connectivity index (χ4n) is 11.7. The molecular weight excluding hydrogens is 1260 g/mol. The molecule has 0 heterocycles. The molecule has 570 valence electrons. The number of carbonyl (C=O) groups is 4. The van der Waals surface area contributed by atoms with Gasteiger partial charge in [0.25, 0.3) is 0 Å². The van der Waals surface area contributed by atoms with Crippen molar-refractivity contribution in [3.8, 4) is 0 Å². The maximum atomic E-state index is 13.1. The Kier molecular flexibility index (Phi) is 66.2. The van der Waals surface area contributed by atoms with Gasteiger partial charge < -0.3 is 33.8 Å². The molecule has 0 rings (SSSR count). The number of aliphatic hydroxyl groups is 1. The van der Waals surface area contributed by atoms with Gasteiger partial charge in [-0.1, -0.05) is 344 Å². The van der Waals surface area contributed by atoms with Gasteiger partial charge in [-0.25, -0.2) is 9.13 Å². The number of carbonyl (C=O) groups excluding carboxylic acids is 4. The molecule has 0 saturated heterocycles. The van der Waals surface area contributed by atoms with Gasteiger partial charge >= 0.3 is 39.5 Å². The van der Waals surface area contributed by atoms with Crippen molar-refractivity contribution in [1.82, 2.24) is 0 Å². The van der Waals surface area contributed by atoms with E-state index in [0.717, 1.165) is 108 Å². The zero-order valence-electron chi connectivity index (χ0n) is 62.8. The number of phosphoric ester groups is 2. The van der Waals surface area contributed by atoms with Crippen LogP contribution >= 0.6 is 15.6 Å². The standard InChI is InChI=1S/C77H150O17P2/c1-8-10-11-12-13-14-15-16-17-18-24-29-37-44-51-58-74(79)87-64-72(93-76(81)60-53-46-39-30-25-20-19-22-27-34-41-48-55-68(3)4)66-91-95(83,84)89-62-71(78)63-90-96(85,86)92-67-73(65-88-75(80)59-52-45-38-33-32-36-43-50-57-70(7)9-2)94-77(82)61-54-47-40-31-26-21-23-28-35-42-49-56-69(5)6/h68-73,78H,8-67H2,1-7H3,(H,83,84)(H,85,86)/t70?,71-,72-,73-/m1/s1. The van der Waals surface area contributed by atoms with Crippen LogP contribution in [0, 0.1) is 17.8 Å². The molecule has 96 heavy (non-hydrogen) atoms. The molecule has 0 aromatic heterocycles. The molecule has 0 fully saturated rings. The maximum Gasteiger partial charge on any atom is 0.472 e. The maximum absolute atomic E-state index is 13.1. The smallest absolute Gasteiger partial charge is 0.462 e. The minimum atomic E-state index is -4.96. The van der Waals surface area contributed by atoms with E-state index in [-0.39, 0.29) is 25.7 Å². The van der Waals surface area contributed by atoms with E-state index in [4.69, 9.17) is 37.0 Å². The summed E-state index contributed by atoms with van der Waals surface area (Å²) in [5, 5.41) is 10.6. The molecule has 0 aromatic rings. The van der Waals surface area contributed by atoms with Gasteiger partial charge in [0, 0.05) is 25.7 Å². The second-order valence-corrected chi connectivity index (χ2v) is 31.8. The lowest BCUT2D eigenvalue weighted by Gasteiger charge is -2.21. The van der Waals surface area contributed by atoms with Crippen molar-refractivity contribution >= 4 is 39.5 Å². The van der Waals surface area contributed by atoms with E-state index < -0.39 is 97.5 Å². The molecule has 19 heteroatoms. The first kappa shape index (κ1) is 94.1. The number of phosphoric acid groups is 2. The Morgan fingerprint density at radius 2 is 0.531 bits per heavy atom. The van der Waals surface area contributed by atoms with Crippen molar-refractivity contribution in [3.63, 3.8) is 0 Å². The Labute approximate surface area is 588 Å². The van der Waals surface area contributed by atoms with Gasteiger partial charge in [0.05, 0.1) is 26.4 Å². The van der Waals surface area contributed by atoms with E-state index in [2.05, 4.69) is 48.5 Å². The van der Waals surface area contributed by atoms with Crippen LogP contribution < -0.4 is 0 Å². The molecule has 0 radical (unpaired) electrons. The summed E-state index contributed by atoms with van der Waals surface area (Å²) in [7, 11) is -9.92. The van der Waals surface area contributed by atoms with Gasteiger partial charge in [-0.05, 0) is 43.4 Å². The zero-order chi connectivity index (χ0) is 70.9. The van der Waals surface area contributed by atoms with Crippen LogP contribution in [-0.2, 0) is 65.4 Å². The van der Waals surface area contributed by atoms with Crippen LogP contribution in [0.2, 0.25) is 0 Å². The third kappa shape index (κ3) is 69.2.